The van der Waals surface area contributed by atoms with Gasteiger partial charge < -0.3 is 28.8 Å². The maximum atomic E-state index is 13.5. The maximum Gasteiger partial charge on any atom is 0.421 e. The van der Waals surface area contributed by atoms with Gasteiger partial charge >= 0.3 is 6.18 Å². The molecule has 150 valence electrons. The van der Waals surface area contributed by atoms with Crippen molar-refractivity contribution in [3.63, 3.8) is 0 Å². The van der Waals surface area contributed by atoms with Gasteiger partial charge in [0.1, 0.15) is 11.5 Å². The van der Waals surface area contributed by atoms with E-state index in [4.69, 9.17) is 23.7 Å². The van der Waals surface area contributed by atoms with E-state index in [2.05, 4.69) is 0 Å². The summed E-state index contributed by atoms with van der Waals surface area (Å²) in [4.78, 5) is 0. The number of halogens is 3. The maximum absolute atomic E-state index is 13.5. The fraction of sp³-hybridized carbons (Fsp3) is 0.444. The Bertz CT molecular complexity index is 769. The van der Waals surface area contributed by atoms with Crippen molar-refractivity contribution in [3.05, 3.63) is 29.5 Å². The molecule has 1 aliphatic carbocycles. The predicted molar refractivity (Wildman–Crippen MR) is 91.2 cm³/mol. The standard InChI is InChI=1S/C18H21F3O6/c1-23-12-8-11(22)14(16(26-4)15(12)25-3)10-6-7-17(27-5,18(19,20)21)9-13(10)24-2/h6-8,22H,9H2,1-5H3. The zero-order chi connectivity index (χ0) is 20.4. The van der Waals surface area contributed by atoms with E-state index in [-0.39, 0.29) is 39.9 Å². The Morgan fingerprint density at radius 2 is 1.59 bits per heavy atom. The number of rotatable bonds is 6. The molecule has 0 radical (unpaired) electrons. The van der Waals surface area contributed by atoms with Crippen molar-refractivity contribution in [1.29, 1.82) is 0 Å². The quantitative estimate of drug-likeness (QED) is 0.799. The lowest BCUT2D eigenvalue weighted by Crippen LogP contribution is -2.46. The highest BCUT2D eigenvalue weighted by atomic mass is 19.4. The highest BCUT2D eigenvalue weighted by molar-refractivity contribution is 5.86. The third kappa shape index (κ3) is 3.39. The van der Waals surface area contributed by atoms with E-state index in [0.717, 1.165) is 13.2 Å². The number of aromatic hydroxyl groups is 1. The highest BCUT2D eigenvalue weighted by Gasteiger charge is 2.56. The minimum atomic E-state index is -4.66. The Labute approximate surface area is 154 Å². The first-order valence-corrected chi connectivity index (χ1v) is 7.80. The van der Waals surface area contributed by atoms with E-state index >= 15 is 0 Å². The van der Waals surface area contributed by atoms with Crippen LogP contribution >= 0.6 is 0 Å². The molecule has 0 saturated carbocycles. The Balaban J connectivity index is 2.71. The molecule has 0 heterocycles. The number of methoxy groups -OCH3 is 5. The summed E-state index contributed by atoms with van der Waals surface area (Å²) in [7, 11) is 6.32. The van der Waals surface area contributed by atoms with Crippen LogP contribution in [-0.2, 0) is 9.47 Å². The van der Waals surface area contributed by atoms with E-state index in [1.807, 2.05) is 0 Å². The average molecular weight is 390 g/mol. The average Bonchev–Trinajstić information content (AvgIpc) is 2.65. The van der Waals surface area contributed by atoms with E-state index in [9.17, 15) is 18.3 Å². The van der Waals surface area contributed by atoms with Crippen molar-refractivity contribution in [2.24, 2.45) is 0 Å². The summed E-state index contributed by atoms with van der Waals surface area (Å²) in [6.07, 6.45) is -3.19. The van der Waals surface area contributed by atoms with Gasteiger partial charge in [-0.3, -0.25) is 0 Å². The van der Waals surface area contributed by atoms with Gasteiger partial charge in [-0.2, -0.15) is 13.2 Å². The van der Waals surface area contributed by atoms with E-state index < -0.39 is 18.2 Å². The van der Waals surface area contributed by atoms with Crippen LogP contribution in [0.5, 0.6) is 23.0 Å². The molecule has 1 unspecified atom stereocenters. The van der Waals surface area contributed by atoms with Gasteiger partial charge in [0.2, 0.25) is 5.75 Å². The first-order valence-electron chi connectivity index (χ1n) is 7.80. The number of phenols is 1. The molecule has 9 heteroatoms. The molecule has 6 nitrogen and oxygen atoms in total. The summed E-state index contributed by atoms with van der Waals surface area (Å²) >= 11 is 0. The molecule has 1 aliphatic rings. The first kappa shape index (κ1) is 20.8. The second-order valence-electron chi connectivity index (χ2n) is 5.68. The number of benzene rings is 1. The van der Waals surface area contributed by atoms with Crippen molar-refractivity contribution in [2.45, 2.75) is 18.2 Å². The molecule has 1 atom stereocenters. The number of alkyl halides is 3. The van der Waals surface area contributed by atoms with Gasteiger partial charge in [0.05, 0.1) is 34.0 Å². The summed E-state index contributed by atoms with van der Waals surface area (Å²) in [6.45, 7) is 0. The van der Waals surface area contributed by atoms with Crippen molar-refractivity contribution in [2.75, 3.05) is 35.5 Å². The second-order valence-corrected chi connectivity index (χ2v) is 5.68. The normalized spacial score (nSPS) is 19.9. The summed E-state index contributed by atoms with van der Waals surface area (Å²) in [5, 5.41) is 10.5. The fourth-order valence-electron chi connectivity index (χ4n) is 2.96. The Morgan fingerprint density at radius 1 is 0.963 bits per heavy atom. The molecule has 0 spiro atoms. The number of allylic oxidation sites excluding steroid dienone is 2. The lowest BCUT2D eigenvalue weighted by Gasteiger charge is -2.35. The van der Waals surface area contributed by atoms with Crippen molar-refractivity contribution in [1.82, 2.24) is 0 Å². The van der Waals surface area contributed by atoms with Crippen LogP contribution in [0, 0.1) is 0 Å². The van der Waals surface area contributed by atoms with E-state index in [1.54, 1.807) is 0 Å². The van der Waals surface area contributed by atoms with Crippen LogP contribution in [0.15, 0.2) is 24.0 Å². The molecule has 0 saturated heterocycles. The minimum Gasteiger partial charge on any atom is -0.507 e. The summed E-state index contributed by atoms with van der Waals surface area (Å²) in [5.74, 6) is 0.189. The van der Waals surface area contributed by atoms with Gasteiger partial charge in [0.25, 0.3) is 0 Å². The number of hydrogen-bond acceptors (Lipinski definition) is 6. The molecule has 0 aromatic heterocycles. The van der Waals surface area contributed by atoms with Crippen LogP contribution in [0.1, 0.15) is 12.0 Å². The van der Waals surface area contributed by atoms with Gasteiger partial charge in [0.15, 0.2) is 17.1 Å². The van der Waals surface area contributed by atoms with Crippen molar-refractivity contribution in [3.8, 4) is 23.0 Å². The third-order valence-corrected chi connectivity index (χ3v) is 4.41. The smallest absolute Gasteiger partial charge is 0.421 e. The van der Waals surface area contributed by atoms with Crippen molar-refractivity contribution >= 4 is 5.57 Å². The molecule has 0 fully saturated rings. The van der Waals surface area contributed by atoms with Crippen LogP contribution in [-0.4, -0.2) is 52.4 Å². The van der Waals surface area contributed by atoms with E-state index in [0.29, 0.717) is 0 Å². The topological polar surface area (TPSA) is 66.4 Å². The first-order chi connectivity index (χ1) is 12.7. The molecule has 2 rings (SSSR count). The fourth-order valence-corrected chi connectivity index (χ4v) is 2.96. The van der Waals surface area contributed by atoms with Crippen molar-refractivity contribution < 1.29 is 42.0 Å². The Morgan fingerprint density at radius 3 is 2.04 bits per heavy atom. The lowest BCUT2D eigenvalue weighted by atomic mass is 9.86. The monoisotopic (exact) mass is 390 g/mol. The summed E-state index contributed by atoms with van der Waals surface area (Å²) in [5.41, 5.74) is -2.19. The molecule has 1 aromatic carbocycles. The molecule has 0 bridgehead atoms. The Kier molecular flexibility index (Phi) is 5.84. The van der Waals surface area contributed by atoms with Crippen LogP contribution in [0.2, 0.25) is 0 Å². The van der Waals surface area contributed by atoms with Gasteiger partial charge in [-0.1, -0.05) is 6.08 Å². The number of hydrogen-bond donors (Lipinski definition) is 1. The van der Waals surface area contributed by atoms with Crippen LogP contribution in [0.25, 0.3) is 5.57 Å². The molecule has 1 N–H and O–H groups in total. The molecular formula is C18H21F3O6. The number of ether oxygens (including phenoxy) is 5. The van der Waals surface area contributed by atoms with Gasteiger partial charge in [-0.05, 0) is 6.08 Å². The number of phenolic OH excluding ortho intramolecular Hbond substituents is 1. The van der Waals surface area contributed by atoms with Crippen LogP contribution in [0.4, 0.5) is 13.2 Å². The van der Waals surface area contributed by atoms with Gasteiger partial charge in [0, 0.05) is 25.2 Å². The zero-order valence-electron chi connectivity index (χ0n) is 15.6. The SMILES string of the molecule is COC1=C(c2c(O)cc(OC)c(OC)c2OC)C=CC(OC)(C(F)(F)F)C1. The van der Waals surface area contributed by atoms with Crippen LogP contribution in [0.3, 0.4) is 0 Å². The van der Waals surface area contributed by atoms with Crippen LogP contribution < -0.4 is 14.2 Å². The molecule has 27 heavy (non-hydrogen) atoms. The second kappa shape index (κ2) is 7.59. The largest absolute Gasteiger partial charge is 0.507 e. The van der Waals surface area contributed by atoms with Gasteiger partial charge in [-0.15, -0.1) is 0 Å². The summed E-state index contributed by atoms with van der Waals surface area (Å²) in [6, 6.07) is 1.28. The predicted octanol–water partition coefficient (Wildman–Crippen LogP) is 3.68. The lowest BCUT2D eigenvalue weighted by molar-refractivity contribution is -0.251. The zero-order valence-corrected chi connectivity index (χ0v) is 15.6. The third-order valence-electron chi connectivity index (χ3n) is 4.41. The molecule has 0 amide bonds. The van der Waals surface area contributed by atoms with E-state index in [1.165, 1.54) is 40.6 Å². The molecular weight excluding hydrogens is 369 g/mol. The molecule has 1 aromatic rings. The highest BCUT2D eigenvalue weighted by Crippen LogP contribution is 2.51. The molecule has 0 aliphatic heterocycles. The Hall–Kier alpha value is -2.55. The summed E-state index contributed by atoms with van der Waals surface area (Å²) < 4.78 is 66.3. The van der Waals surface area contributed by atoms with Gasteiger partial charge in [-0.25, -0.2) is 0 Å². The minimum absolute atomic E-state index is 0.0301.